The predicted octanol–water partition coefficient (Wildman–Crippen LogP) is 2.97. The second-order valence-corrected chi connectivity index (χ2v) is 5.34. The molecule has 0 unspecified atom stereocenters. The number of nitrogens with two attached hydrogens (primary N) is 1. The minimum absolute atomic E-state index is 0.218. The number of nitrogen functional groups attached to an aromatic ring is 1. The lowest BCUT2D eigenvalue weighted by Crippen LogP contribution is -2.13. The average Bonchev–Trinajstić information content (AvgIpc) is 2.82. The molecule has 0 radical (unpaired) electrons. The van der Waals surface area contributed by atoms with E-state index in [1.54, 1.807) is 7.05 Å². The van der Waals surface area contributed by atoms with Gasteiger partial charge in [0.15, 0.2) is 5.13 Å². The summed E-state index contributed by atoms with van der Waals surface area (Å²) in [5, 5.41) is 6.43. The van der Waals surface area contributed by atoms with Crippen molar-refractivity contribution in [3.63, 3.8) is 0 Å². The first-order valence-electron chi connectivity index (χ1n) is 6.49. The van der Waals surface area contributed by atoms with Gasteiger partial charge in [-0.2, -0.15) is 0 Å². The Hall–Kier alpha value is -2.08. The van der Waals surface area contributed by atoms with E-state index in [9.17, 15) is 4.79 Å². The van der Waals surface area contributed by atoms with Crippen molar-refractivity contribution >= 4 is 33.9 Å². The Kier molecular flexibility index (Phi) is 4.57. The van der Waals surface area contributed by atoms with Crippen LogP contribution in [0.3, 0.4) is 0 Å². The number of hydrogen-bond acceptors (Lipinski definition) is 5. The summed E-state index contributed by atoms with van der Waals surface area (Å²) in [5.74, 6) is 0.0369. The predicted molar refractivity (Wildman–Crippen MR) is 84.5 cm³/mol. The van der Waals surface area contributed by atoms with Crippen molar-refractivity contribution in [1.82, 2.24) is 4.98 Å². The van der Waals surface area contributed by atoms with Gasteiger partial charge < -0.3 is 16.4 Å². The number of nitrogens with one attached hydrogen (secondary N) is 2. The van der Waals surface area contributed by atoms with E-state index in [2.05, 4.69) is 22.5 Å². The van der Waals surface area contributed by atoms with Crippen LogP contribution < -0.4 is 16.4 Å². The van der Waals surface area contributed by atoms with E-state index in [1.807, 2.05) is 24.3 Å². The fourth-order valence-electron chi connectivity index (χ4n) is 1.91. The molecule has 2 aromatic rings. The van der Waals surface area contributed by atoms with Gasteiger partial charge in [0.1, 0.15) is 10.7 Å². The number of carbonyl (C=O) groups excluding carboxylic acids is 1. The van der Waals surface area contributed by atoms with Crippen LogP contribution in [0.15, 0.2) is 24.3 Å². The third-order valence-corrected chi connectivity index (χ3v) is 3.95. The standard InChI is InChI=1S/C14H18N4OS/c1-3-6-9-7-4-5-8-10(9)17-13(19)11-12(15)18-14(16-2)20-11/h4-5,7-8H,3,6,15H2,1-2H3,(H,16,18)(H,17,19). The van der Waals surface area contributed by atoms with Crippen LogP contribution in [-0.2, 0) is 6.42 Å². The van der Waals surface area contributed by atoms with Crippen LogP contribution in [0.5, 0.6) is 0 Å². The van der Waals surface area contributed by atoms with Crippen LogP contribution in [0.4, 0.5) is 16.6 Å². The Labute approximate surface area is 122 Å². The second-order valence-electron chi connectivity index (χ2n) is 4.34. The summed E-state index contributed by atoms with van der Waals surface area (Å²) < 4.78 is 0. The number of aromatic nitrogens is 1. The molecule has 1 amide bonds. The zero-order chi connectivity index (χ0) is 14.5. The number of para-hydroxylation sites is 1. The molecule has 0 spiro atoms. The van der Waals surface area contributed by atoms with Crippen LogP contribution in [0.25, 0.3) is 0 Å². The van der Waals surface area contributed by atoms with Crippen molar-refractivity contribution in [2.75, 3.05) is 23.4 Å². The van der Waals surface area contributed by atoms with Gasteiger partial charge in [-0.25, -0.2) is 4.98 Å². The first kappa shape index (κ1) is 14.3. The molecule has 1 aromatic carbocycles. The highest BCUT2D eigenvalue weighted by molar-refractivity contribution is 7.18. The second kappa shape index (κ2) is 6.38. The van der Waals surface area contributed by atoms with Gasteiger partial charge in [-0.1, -0.05) is 42.9 Å². The molecular weight excluding hydrogens is 272 g/mol. The number of benzene rings is 1. The zero-order valence-corrected chi connectivity index (χ0v) is 12.4. The highest BCUT2D eigenvalue weighted by atomic mass is 32.1. The van der Waals surface area contributed by atoms with E-state index in [0.29, 0.717) is 10.0 Å². The summed E-state index contributed by atoms with van der Waals surface area (Å²) in [6.45, 7) is 2.11. The maximum absolute atomic E-state index is 12.3. The molecule has 0 atom stereocenters. The van der Waals surface area contributed by atoms with Gasteiger partial charge in [0.05, 0.1) is 0 Å². The molecule has 6 heteroatoms. The van der Waals surface area contributed by atoms with E-state index in [-0.39, 0.29) is 11.7 Å². The number of carbonyl (C=O) groups is 1. The van der Waals surface area contributed by atoms with Crippen LogP contribution in [0.1, 0.15) is 28.6 Å². The van der Waals surface area contributed by atoms with Gasteiger partial charge in [0, 0.05) is 12.7 Å². The Bertz CT molecular complexity index is 609. The Morgan fingerprint density at radius 3 is 2.80 bits per heavy atom. The molecule has 2 rings (SSSR count). The first-order chi connectivity index (χ1) is 9.65. The number of hydrogen-bond donors (Lipinski definition) is 3. The summed E-state index contributed by atoms with van der Waals surface area (Å²) in [7, 11) is 1.75. The third kappa shape index (κ3) is 3.08. The van der Waals surface area contributed by atoms with Crippen molar-refractivity contribution in [1.29, 1.82) is 0 Å². The van der Waals surface area contributed by atoms with E-state index in [0.717, 1.165) is 24.1 Å². The number of aryl methyl sites for hydroxylation is 1. The monoisotopic (exact) mass is 290 g/mol. The van der Waals surface area contributed by atoms with Gasteiger partial charge in [0.2, 0.25) is 0 Å². The van der Waals surface area contributed by atoms with Crippen molar-refractivity contribution in [2.45, 2.75) is 19.8 Å². The Balaban J connectivity index is 2.21. The lowest BCUT2D eigenvalue weighted by Gasteiger charge is -2.09. The van der Waals surface area contributed by atoms with E-state index in [1.165, 1.54) is 11.3 Å². The number of nitrogens with zero attached hydrogens (tertiary/aromatic N) is 1. The molecule has 5 nitrogen and oxygen atoms in total. The van der Waals surface area contributed by atoms with Crippen molar-refractivity contribution < 1.29 is 4.79 Å². The average molecular weight is 290 g/mol. The molecule has 0 aliphatic heterocycles. The smallest absolute Gasteiger partial charge is 0.269 e. The van der Waals surface area contributed by atoms with Crippen LogP contribution in [0, 0.1) is 0 Å². The summed E-state index contributed by atoms with van der Waals surface area (Å²) in [4.78, 5) is 16.8. The summed E-state index contributed by atoms with van der Waals surface area (Å²) in [5.41, 5.74) is 7.72. The van der Waals surface area contributed by atoms with E-state index < -0.39 is 0 Å². The van der Waals surface area contributed by atoms with Gasteiger partial charge in [0.25, 0.3) is 5.91 Å². The minimum atomic E-state index is -0.218. The summed E-state index contributed by atoms with van der Waals surface area (Å²) >= 11 is 1.25. The van der Waals surface area contributed by atoms with Gasteiger partial charge >= 0.3 is 0 Å². The fourth-order valence-corrected chi connectivity index (χ4v) is 2.64. The summed E-state index contributed by atoms with van der Waals surface area (Å²) in [6, 6.07) is 7.80. The molecular formula is C14H18N4OS. The van der Waals surface area contributed by atoms with Crippen molar-refractivity contribution in [3.8, 4) is 0 Å². The minimum Gasteiger partial charge on any atom is -0.382 e. The number of rotatable bonds is 5. The molecule has 4 N–H and O–H groups in total. The first-order valence-corrected chi connectivity index (χ1v) is 7.30. The molecule has 0 aliphatic carbocycles. The van der Waals surface area contributed by atoms with Gasteiger partial charge in [-0.3, -0.25) is 4.79 Å². The molecule has 0 bridgehead atoms. The quantitative estimate of drug-likeness (QED) is 0.791. The topological polar surface area (TPSA) is 80.0 Å². The molecule has 20 heavy (non-hydrogen) atoms. The highest BCUT2D eigenvalue weighted by Gasteiger charge is 2.16. The van der Waals surface area contributed by atoms with Crippen LogP contribution in [-0.4, -0.2) is 17.9 Å². The lowest BCUT2D eigenvalue weighted by molar-refractivity contribution is 0.103. The van der Waals surface area contributed by atoms with E-state index in [4.69, 9.17) is 5.73 Å². The SMILES string of the molecule is CCCc1ccccc1NC(=O)c1sc(NC)nc1N. The zero-order valence-electron chi connectivity index (χ0n) is 11.6. The lowest BCUT2D eigenvalue weighted by atomic mass is 10.1. The molecule has 0 saturated carbocycles. The maximum atomic E-state index is 12.3. The highest BCUT2D eigenvalue weighted by Crippen LogP contribution is 2.26. The largest absolute Gasteiger partial charge is 0.382 e. The Morgan fingerprint density at radius 2 is 2.15 bits per heavy atom. The maximum Gasteiger partial charge on any atom is 0.269 e. The van der Waals surface area contributed by atoms with E-state index >= 15 is 0 Å². The summed E-state index contributed by atoms with van der Waals surface area (Å²) in [6.07, 6.45) is 1.95. The van der Waals surface area contributed by atoms with Gasteiger partial charge in [-0.15, -0.1) is 0 Å². The van der Waals surface area contributed by atoms with Gasteiger partial charge in [-0.05, 0) is 18.1 Å². The molecule has 0 saturated heterocycles. The molecule has 1 aromatic heterocycles. The van der Waals surface area contributed by atoms with Crippen LogP contribution in [0.2, 0.25) is 0 Å². The van der Waals surface area contributed by atoms with Crippen molar-refractivity contribution in [2.24, 2.45) is 0 Å². The number of amides is 1. The molecule has 106 valence electrons. The number of anilines is 3. The normalized spacial score (nSPS) is 10.3. The van der Waals surface area contributed by atoms with Crippen LogP contribution >= 0.6 is 11.3 Å². The molecule has 0 fully saturated rings. The Morgan fingerprint density at radius 1 is 1.40 bits per heavy atom. The third-order valence-electron chi connectivity index (χ3n) is 2.86. The fraction of sp³-hybridized carbons (Fsp3) is 0.286. The number of thiazole rings is 1. The molecule has 1 heterocycles. The van der Waals surface area contributed by atoms with Crippen molar-refractivity contribution in [3.05, 3.63) is 34.7 Å². The molecule has 0 aliphatic rings.